The molecule has 0 saturated heterocycles. The predicted octanol–water partition coefficient (Wildman–Crippen LogP) is 5.33. The molecule has 5 aromatic carbocycles. The molecule has 2 aliphatic heterocycles. The first-order valence-corrected chi connectivity index (χ1v) is 13.3. The SMILES string of the molecule is [NH2+]=c1ccc2c(ccc3c(-c4c(O)cccc4O)c4ccc5c6c7c(cc5c4oc32)CCCN7CCC6)c1. The van der Waals surface area contributed by atoms with Crippen LogP contribution in [-0.2, 0) is 12.8 Å². The van der Waals surface area contributed by atoms with E-state index < -0.39 is 0 Å². The van der Waals surface area contributed by atoms with E-state index >= 15 is 0 Å². The Kier molecular flexibility index (Phi) is 4.40. The molecule has 38 heavy (non-hydrogen) atoms. The average molecular weight is 500 g/mol. The van der Waals surface area contributed by atoms with E-state index in [1.54, 1.807) is 18.2 Å². The Balaban J connectivity index is 1.60. The summed E-state index contributed by atoms with van der Waals surface area (Å²) in [5, 5.41) is 34.7. The van der Waals surface area contributed by atoms with E-state index in [9.17, 15) is 10.2 Å². The lowest BCUT2D eigenvalue weighted by Crippen LogP contribution is -2.44. The number of phenolic OH excluding ortho intramolecular Hbond substituents is 2. The fourth-order valence-corrected chi connectivity index (χ4v) is 6.88. The number of rotatable bonds is 1. The monoisotopic (exact) mass is 499 g/mol. The van der Waals surface area contributed by atoms with Crippen LogP contribution in [0, 0.1) is 0 Å². The van der Waals surface area contributed by atoms with Gasteiger partial charge in [0.15, 0.2) is 5.36 Å². The van der Waals surface area contributed by atoms with Gasteiger partial charge in [0.25, 0.3) is 0 Å². The van der Waals surface area contributed by atoms with Gasteiger partial charge >= 0.3 is 0 Å². The third-order valence-electron chi connectivity index (χ3n) is 8.48. The molecule has 0 bridgehead atoms. The van der Waals surface area contributed by atoms with Crippen LogP contribution in [0.2, 0.25) is 0 Å². The minimum Gasteiger partial charge on any atom is -0.507 e. The van der Waals surface area contributed by atoms with Crippen LogP contribution in [-0.4, -0.2) is 23.3 Å². The minimum absolute atomic E-state index is 0.0347. The predicted molar refractivity (Wildman–Crippen MR) is 151 cm³/mol. The molecule has 2 aliphatic rings. The molecule has 0 amide bonds. The number of aromatic hydroxyl groups is 2. The normalized spacial score (nSPS) is 15.0. The summed E-state index contributed by atoms with van der Waals surface area (Å²) in [5.74, 6) is 0.0694. The molecule has 0 aliphatic carbocycles. The Bertz CT molecular complexity index is 2020. The van der Waals surface area contributed by atoms with Crippen LogP contribution in [0.4, 0.5) is 5.69 Å². The van der Waals surface area contributed by atoms with Crippen LogP contribution in [0.25, 0.3) is 54.6 Å². The third kappa shape index (κ3) is 2.90. The molecule has 0 radical (unpaired) electrons. The first-order valence-electron chi connectivity index (χ1n) is 13.3. The molecule has 8 rings (SSSR count). The number of hydrogen-bond donors (Lipinski definition) is 3. The van der Waals surface area contributed by atoms with Crippen molar-refractivity contribution in [1.29, 1.82) is 0 Å². The summed E-state index contributed by atoms with van der Waals surface area (Å²) in [6, 6.07) is 21.4. The third-order valence-corrected chi connectivity index (χ3v) is 8.48. The van der Waals surface area contributed by atoms with E-state index in [1.165, 1.54) is 22.2 Å². The highest BCUT2D eigenvalue weighted by atomic mass is 16.3. The number of nitrogens with zero attached hydrogens (tertiary/aromatic N) is 1. The molecule has 1 aromatic heterocycles. The number of benzene rings is 5. The Morgan fingerprint density at radius 2 is 1.37 bits per heavy atom. The highest BCUT2D eigenvalue weighted by Gasteiger charge is 2.27. The first-order chi connectivity index (χ1) is 18.6. The fraction of sp³-hybridized carbons (Fsp3) is 0.182. The van der Waals surface area contributed by atoms with Gasteiger partial charge in [-0.2, -0.15) is 0 Å². The number of aryl methyl sites for hydroxylation is 2. The topological polar surface area (TPSA) is 82.4 Å². The lowest BCUT2D eigenvalue weighted by atomic mass is 9.86. The number of fused-ring (bicyclic) bond motifs is 7. The molecule has 6 aromatic rings. The van der Waals surface area contributed by atoms with E-state index in [4.69, 9.17) is 9.83 Å². The lowest BCUT2D eigenvalue weighted by molar-refractivity contribution is -0.172. The molecule has 186 valence electrons. The Morgan fingerprint density at radius 3 is 2.18 bits per heavy atom. The van der Waals surface area contributed by atoms with Crippen molar-refractivity contribution in [2.75, 3.05) is 18.0 Å². The van der Waals surface area contributed by atoms with Crippen LogP contribution in [0.3, 0.4) is 0 Å². The van der Waals surface area contributed by atoms with Crippen LogP contribution in [0.5, 0.6) is 11.5 Å². The molecule has 5 heteroatoms. The van der Waals surface area contributed by atoms with E-state index in [1.807, 2.05) is 30.3 Å². The van der Waals surface area contributed by atoms with Crippen LogP contribution >= 0.6 is 0 Å². The quantitative estimate of drug-likeness (QED) is 0.211. The molecular formula is C33H27N2O3+. The zero-order valence-corrected chi connectivity index (χ0v) is 20.9. The molecule has 5 nitrogen and oxygen atoms in total. The zero-order chi connectivity index (χ0) is 25.5. The second-order valence-electron chi connectivity index (χ2n) is 10.7. The molecular weight excluding hydrogens is 472 g/mol. The van der Waals surface area contributed by atoms with E-state index in [0.29, 0.717) is 16.5 Å². The Labute approximate surface area is 218 Å². The van der Waals surface area contributed by atoms with Crippen molar-refractivity contribution in [1.82, 2.24) is 0 Å². The van der Waals surface area contributed by atoms with Gasteiger partial charge in [0.2, 0.25) is 0 Å². The van der Waals surface area contributed by atoms with Gasteiger partial charge in [-0.05, 0) is 84.0 Å². The largest absolute Gasteiger partial charge is 0.507 e. The molecule has 0 spiro atoms. The van der Waals surface area contributed by atoms with Gasteiger partial charge < -0.3 is 19.5 Å². The number of hydrogen-bond acceptors (Lipinski definition) is 4. The molecule has 3 heterocycles. The summed E-state index contributed by atoms with van der Waals surface area (Å²) < 4.78 is 6.87. The number of nitrogens with two attached hydrogens (primary N) is 1. The van der Waals surface area contributed by atoms with Gasteiger partial charge in [-0.3, -0.25) is 5.41 Å². The molecule has 0 fully saturated rings. The van der Waals surface area contributed by atoms with Crippen molar-refractivity contribution >= 4 is 49.2 Å². The molecule has 0 atom stereocenters. The summed E-state index contributed by atoms with van der Waals surface area (Å²) in [7, 11) is 0. The van der Waals surface area contributed by atoms with E-state index in [0.717, 1.165) is 76.9 Å². The summed E-state index contributed by atoms with van der Waals surface area (Å²) in [5.41, 5.74) is 6.90. The van der Waals surface area contributed by atoms with Crippen LogP contribution in [0.1, 0.15) is 24.0 Å². The summed E-state index contributed by atoms with van der Waals surface area (Å²) >= 11 is 0. The van der Waals surface area contributed by atoms with Gasteiger partial charge in [-0.15, -0.1) is 0 Å². The van der Waals surface area contributed by atoms with Gasteiger partial charge in [-0.1, -0.05) is 18.2 Å². The Morgan fingerprint density at radius 1 is 0.684 bits per heavy atom. The molecule has 4 N–H and O–H groups in total. The van der Waals surface area contributed by atoms with Crippen molar-refractivity contribution in [2.45, 2.75) is 25.7 Å². The van der Waals surface area contributed by atoms with Crippen molar-refractivity contribution in [3.8, 4) is 22.6 Å². The van der Waals surface area contributed by atoms with Crippen molar-refractivity contribution in [2.24, 2.45) is 0 Å². The zero-order valence-electron chi connectivity index (χ0n) is 20.9. The smallest absolute Gasteiger partial charge is 0.197 e. The average Bonchev–Trinajstić information content (AvgIpc) is 2.92. The van der Waals surface area contributed by atoms with Gasteiger partial charge in [0.1, 0.15) is 22.7 Å². The van der Waals surface area contributed by atoms with Crippen molar-refractivity contribution < 1.29 is 20.0 Å². The van der Waals surface area contributed by atoms with Gasteiger partial charge in [0, 0.05) is 58.0 Å². The second-order valence-corrected chi connectivity index (χ2v) is 10.7. The second kappa shape index (κ2) is 7.75. The summed E-state index contributed by atoms with van der Waals surface area (Å²) in [6.07, 6.45) is 4.44. The maximum absolute atomic E-state index is 11.0. The number of anilines is 1. The maximum atomic E-state index is 11.0. The van der Waals surface area contributed by atoms with Crippen LogP contribution in [0.15, 0.2) is 71.1 Å². The highest BCUT2D eigenvalue weighted by Crippen LogP contribution is 2.49. The van der Waals surface area contributed by atoms with Crippen LogP contribution < -0.4 is 15.7 Å². The minimum atomic E-state index is 0.0347. The maximum Gasteiger partial charge on any atom is 0.197 e. The fourth-order valence-electron chi connectivity index (χ4n) is 6.88. The van der Waals surface area contributed by atoms with Gasteiger partial charge in [0.05, 0.1) is 5.56 Å². The summed E-state index contributed by atoms with van der Waals surface area (Å²) in [6.45, 7) is 2.25. The first kappa shape index (κ1) is 21.6. The highest BCUT2D eigenvalue weighted by molar-refractivity contribution is 6.21. The molecule has 0 saturated carbocycles. The Hall–Kier alpha value is -4.51. The number of phenols is 2. The standard InChI is InChI=1S/C33H26N2O3/c34-20-9-11-21-18(16-20)8-10-24-29(30-27(36)6-1-7-28(30)37)25-13-12-22-23-5-3-15-35-14-2-4-19(31(23)35)17-26(22)33(25)38-32(21)24/h1,6-13,16-17,34,36-37H,2-5,14-15H2/p+1. The van der Waals surface area contributed by atoms with Gasteiger partial charge in [-0.25, -0.2) is 0 Å². The van der Waals surface area contributed by atoms with E-state index in [2.05, 4.69) is 23.1 Å². The molecule has 0 unspecified atom stereocenters. The van der Waals surface area contributed by atoms with Crippen molar-refractivity contribution in [3.05, 3.63) is 83.2 Å². The van der Waals surface area contributed by atoms with Crippen molar-refractivity contribution in [3.63, 3.8) is 0 Å². The lowest BCUT2D eigenvalue weighted by Gasteiger charge is -2.37. The van der Waals surface area contributed by atoms with E-state index in [-0.39, 0.29) is 11.5 Å². The summed E-state index contributed by atoms with van der Waals surface area (Å²) in [4.78, 5) is 2.56.